The van der Waals surface area contributed by atoms with Crippen LogP contribution in [0.4, 0.5) is 0 Å². The summed E-state index contributed by atoms with van der Waals surface area (Å²) >= 11 is 0. The highest BCUT2D eigenvalue weighted by Gasteiger charge is 2.28. The number of carbonyl (C=O) groups excluding carboxylic acids is 1. The molecule has 0 unspecified atom stereocenters. The summed E-state index contributed by atoms with van der Waals surface area (Å²) in [6.07, 6.45) is 5.48. The molecule has 1 aliphatic heterocycles. The van der Waals surface area contributed by atoms with E-state index in [0.717, 1.165) is 63.7 Å². The molecular weight excluding hydrogens is 316 g/mol. The number of hydrogen-bond donors (Lipinski definition) is 2. The average molecular weight is 344 g/mol. The summed E-state index contributed by atoms with van der Waals surface area (Å²) in [5.74, 6) is -0.490. The third kappa shape index (κ3) is 4.82. The first-order valence-corrected chi connectivity index (χ1v) is 9.44. The molecule has 1 aliphatic carbocycles. The molecule has 1 aromatic carbocycles. The molecule has 1 atom stereocenters. The Morgan fingerprint density at radius 1 is 1.08 bits per heavy atom. The third-order valence-electron chi connectivity index (χ3n) is 5.67. The number of nitrogens with zero attached hydrogens (tertiary/aromatic N) is 1. The molecule has 5 heteroatoms. The van der Waals surface area contributed by atoms with Gasteiger partial charge in [-0.05, 0) is 50.8 Å². The number of benzene rings is 1. The monoisotopic (exact) mass is 344 g/mol. The number of nitrogens with one attached hydrogen (secondary N) is 1. The van der Waals surface area contributed by atoms with Crippen LogP contribution in [0.15, 0.2) is 30.3 Å². The van der Waals surface area contributed by atoms with Gasteiger partial charge in [-0.25, -0.2) is 0 Å². The van der Waals surface area contributed by atoms with E-state index in [2.05, 4.69) is 22.3 Å². The van der Waals surface area contributed by atoms with Crippen molar-refractivity contribution in [2.75, 3.05) is 19.6 Å². The highest BCUT2D eigenvalue weighted by Crippen LogP contribution is 2.28. The number of carbonyl (C=O) groups is 2. The molecule has 2 aliphatic rings. The van der Waals surface area contributed by atoms with Crippen LogP contribution in [0, 0.1) is 11.8 Å². The SMILES string of the molecule is O=C(O)C1CCN(CC[C@H](NC(=O)C2CCC2)c2ccccc2)CC1. The number of aliphatic carboxylic acids is 1. The Labute approximate surface area is 149 Å². The van der Waals surface area contributed by atoms with Crippen LogP contribution in [0.25, 0.3) is 0 Å². The molecular formula is C20H28N2O3. The second kappa shape index (κ2) is 8.48. The number of piperidine rings is 1. The smallest absolute Gasteiger partial charge is 0.306 e. The van der Waals surface area contributed by atoms with Crippen molar-refractivity contribution in [3.8, 4) is 0 Å². The maximum absolute atomic E-state index is 12.4. The Hall–Kier alpha value is -1.88. The summed E-state index contributed by atoms with van der Waals surface area (Å²) in [7, 11) is 0. The minimum absolute atomic E-state index is 0.0338. The largest absolute Gasteiger partial charge is 0.481 e. The van der Waals surface area contributed by atoms with Gasteiger partial charge in [0.2, 0.25) is 5.91 Å². The average Bonchev–Trinajstić information content (AvgIpc) is 2.58. The van der Waals surface area contributed by atoms with E-state index in [9.17, 15) is 9.59 Å². The molecule has 0 spiro atoms. The molecule has 2 N–H and O–H groups in total. The number of carboxylic acid groups (broad SMARTS) is 1. The van der Waals surface area contributed by atoms with E-state index in [4.69, 9.17) is 5.11 Å². The maximum Gasteiger partial charge on any atom is 0.306 e. The molecule has 0 bridgehead atoms. The highest BCUT2D eigenvalue weighted by atomic mass is 16.4. The predicted molar refractivity (Wildman–Crippen MR) is 96.1 cm³/mol. The lowest BCUT2D eigenvalue weighted by atomic mass is 9.84. The van der Waals surface area contributed by atoms with Gasteiger partial charge in [-0.3, -0.25) is 9.59 Å². The van der Waals surface area contributed by atoms with Gasteiger partial charge in [-0.15, -0.1) is 0 Å². The lowest BCUT2D eigenvalue weighted by Crippen LogP contribution is -2.40. The van der Waals surface area contributed by atoms with Crippen molar-refractivity contribution >= 4 is 11.9 Å². The van der Waals surface area contributed by atoms with E-state index in [1.54, 1.807) is 0 Å². The van der Waals surface area contributed by atoms with Gasteiger partial charge in [0.05, 0.1) is 12.0 Å². The summed E-state index contributed by atoms with van der Waals surface area (Å²) < 4.78 is 0. The minimum Gasteiger partial charge on any atom is -0.481 e. The van der Waals surface area contributed by atoms with Crippen LogP contribution in [-0.4, -0.2) is 41.5 Å². The lowest BCUT2D eigenvalue weighted by molar-refractivity contribution is -0.143. The Morgan fingerprint density at radius 3 is 2.32 bits per heavy atom. The highest BCUT2D eigenvalue weighted by molar-refractivity contribution is 5.79. The van der Waals surface area contributed by atoms with Crippen LogP contribution >= 0.6 is 0 Å². The Bertz CT molecular complexity index is 578. The summed E-state index contributed by atoms with van der Waals surface area (Å²) in [6, 6.07) is 10.2. The van der Waals surface area contributed by atoms with E-state index in [1.165, 1.54) is 0 Å². The minimum atomic E-state index is -0.672. The summed E-state index contributed by atoms with van der Waals surface area (Å²) in [5.41, 5.74) is 1.15. The fourth-order valence-electron chi connectivity index (χ4n) is 3.68. The van der Waals surface area contributed by atoms with E-state index < -0.39 is 5.97 Å². The van der Waals surface area contributed by atoms with Crippen LogP contribution in [0.3, 0.4) is 0 Å². The third-order valence-corrected chi connectivity index (χ3v) is 5.67. The molecule has 1 amide bonds. The van der Waals surface area contributed by atoms with Crippen molar-refractivity contribution in [3.63, 3.8) is 0 Å². The van der Waals surface area contributed by atoms with E-state index in [-0.39, 0.29) is 23.8 Å². The van der Waals surface area contributed by atoms with Gasteiger partial charge in [0.1, 0.15) is 0 Å². The van der Waals surface area contributed by atoms with E-state index >= 15 is 0 Å². The van der Waals surface area contributed by atoms with Crippen LogP contribution < -0.4 is 5.32 Å². The zero-order valence-corrected chi connectivity index (χ0v) is 14.7. The van der Waals surface area contributed by atoms with Gasteiger partial charge in [-0.2, -0.15) is 0 Å². The summed E-state index contributed by atoms with van der Waals surface area (Å²) in [4.78, 5) is 25.8. The molecule has 0 aromatic heterocycles. The Balaban J connectivity index is 1.54. The first-order valence-electron chi connectivity index (χ1n) is 9.44. The first kappa shape index (κ1) is 17.9. The lowest BCUT2D eigenvalue weighted by Gasteiger charge is -2.32. The van der Waals surface area contributed by atoms with Gasteiger partial charge in [0, 0.05) is 12.5 Å². The molecule has 1 heterocycles. The van der Waals surface area contributed by atoms with E-state index in [0.29, 0.717) is 0 Å². The molecule has 1 saturated heterocycles. The number of rotatable bonds is 7. The topological polar surface area (TPSA) is 69.6 Å². The second-order valence-electron chi connectivity index (χ2n) is 7.34. The normalized spacial score (nSPS) is 20.6. The van der Waals surface area contributed by atoms with Crippen LogP contribution in [-0.2, 0) is 9.59 Å². The quantitative estimate of drug-likeness (QED) is 0.798. The zero-order valence-electron chi connectivity index (χ0n) is 14.7. The second-order valence-corrected chi connectivity index (χ2v) is 7.34. The predicted octanol–water partition coefficient (Wildman–Crippen LogP) is 2.83. The van der Waals surface area contributed by atoms with Crippen molar-refractivity contribution < 1.29 is 14.7 Å². The van der Waals surface area contributed by atoms with Crippen molar-refractivity contribution in [1.82, 2.24) is 10.2 Å². The van der Waals surface area contributed by atoms with E-state index in [1.807, 2.05) is 18.2 Å². The maximum atomic E-state index is 12.4. The first-order chi connectivity index (χ1) is 12.1. The van der Waals surface area contributed by atoms with Crippen molar-refractivity contribution in [2.45, 2.75) is 44.6 Å². The fraction of sp³-hybridized carbons (Fsp3) is 0.600. The van der Waals surface area contributed by atoms with Crippen LogP contribution in [0.1, 0.15) is 50.1 Å². The number of carboxylic acids is 1. The Morgan fingerprint density at radius 2 is 1.76 bits per heavy atom. The standard InChI is InChI=1S/C20H28N2O3/c23-19(16-7-4-8-16)21-18(15-5-2-1-3-6-15)11-14-22-12-9-17(10-13-22)20(24)25/h1-3,5-6,16-18H,4,7-14H2,(H,21,23)(H,24,25)/t18-/m0/s1. The van der Waals surface area contributed by atoms with Gasteiger partial charge >= 0.3 is 5.97 Å². The molecule has 3 rings (SSSR count). The molecule has 2 fully saturated rings. The zero-order chi connectivity index (χ0) is 17.6. The summed E-state index contributed by atoms with van der Waals surface area (Å²) in [6.45, 7) is 2.54. The van der Waals surface area contributed by atoms with Gasteiger partial charge in [0.15, 0.2) is 0 Å². The number of amides is 1. The van der Waals surface area contributed by atoms with Crippen LogP contribution in [0.2, 0.25) is 0 Å². The molecule has 25 heavy (non-hydrogen) atoms. The molecule has 136 valence electrons. The molecule has 1 saturated carbocycles. The molecule has 1 aromatic rings. The summed E-state index contributed by atoms with van der Waals surface area (Å²) in [5, 5.41) is 12.3. The molecule has 5 nitrogen and oxygen atoms in total. The van der Waals surface area contributed by atoms with Gasteiger partial charge in [-0.1, -0.05) is 36.8 Å². The van der Waals surface area contributed by atoms with Gasteiger partial charge < -0.3 is 15.3 Å². The molecule has 0 radical (unpaired) electrons. The van der Waals surface area contributed by atoms with Crippen molar-refractivity contribution in [2.24, 2.45) is 11.8 Å². The fourth-order valence-corrected chi connectivity index (χ4v) is 3.68. The van der Waals surface area contributed by atoms with Crippen molar-refractivity contribution in [3.05, 3.63) is 35.9 Å². The Kier molecular flexibility index (Phi) is 6.08. The van der Waals surface area contributed by atoms with Crippen LogP contribution in [0.5, 0.6) is 0 Å². The number of hydrogen-bond acceptors (Lipinski definition) is 3. The van der Waals surface area contributed by atoms with Gasteiger partial charge in [0.25, 0.3) is 0 Å². The number of likely N-dealkylation sites (tertiary alicyclic amines) is 1. The van der Waals surface area contributed by atoms with Crippen molar-refractivity contribution in [1.29, 1.82) is 0 Å².